The third-order valence-electron chi connectivity index (χ3n) is 5.69. The molecule has 1 heterocycles. The highest BCUT2D eigenvalue weighted by atomic mass is 35.5. The lowest BCUT2D eigenvalue weighted by molar-refractivity contribution is 0.156. The number of fused-ring (bicyclic) bond motifs is 2. The molecular formula is C18H23ClN2O2S. The van der Waals surface area contributed by atoms with Gasteiger partial charge in [-0.05, 0) is 54.9 Å². The molecule has 1 aliphatic heterocycles. The van der Waals surface area contributed by atoms with Crippen molar-refractivity contribution in [3.8, 4) is 0 Å². The minimum Gasteiger partial charge on any atom is -0.300 e. The van der Waals surface area contributed by atoms with Crippen molar-refractivity contribution in [3.63, 3.8) is 0 Å². The fourth-order valence-corrected chi connectivity index (χ4v) is 5.89. The first-order valence-electron chi connectivity index (χ1n) is 8.69. The van der Waals surface area contributed by atoms with Crippen LogP contribution >= 0.6 is 11.6 Å². The van der Waals surface area contributed by atoms with Crippen molar-refractivity contribution in [2.24, 2.45) is 17.8 Å². The zero-order chi connectivity index (χ0) is 16.7. The average molecular weight is 367 g/mol. The predicted octanol–water partition coefficient (Wildman–Crippen LogP) is 2.86. The van der Waals surface area contributed by atoms with Crippen molar-refractivity contribution >= 4 is 21.6 Å². The van der Waals surface area contributed by atoms with E-state index in [1.54, 1.807) is 28.6 Å². The van der Waals surface area contributed by atoms with Gasteiger partial charge in [-0.3, -0.25) is 0 Å². The van der Waals surface area contributed by atoms with Gasteiger partial charge < -0.3 is 4.90 Å². The lowest BCUT2D eigenvalue weighted by Gasteiger charge is -2.36. The van der Waals surface area contributed by atoms with E-state index in [0.29, 0.717) is 23.0 Å². The molecule has 0 N–H and O–H groups in total. The number of halogens is 1. The molecule has 0 radical (unpaired) electrons. The molecule has 0 aromatic heterocycles. The van der Waals surface area contributed by atoms with Gasteiger partial charge in [-0.15, -0.1) is 0 Å². The number of benzene rings is 1. The van der Waals surface area contributed by atoms with Crippen LogP contribution < -0.4 is 0 Å². The maximum absolute atomic E-state index is 12.7. The second-order valence-electron chi connectivity index (χ2n) is 7.20. The van der Waals surface area contributed by atoms with Gasteiger partial charge in [0.2, 0.25) is 10.0 Å². The number of sulfonamides is 1. The van der Waals surface area contributed by atoms with Gasteiger partial charge in [-0.2, -0.15) is 4.31 Å². The van der Waals surface area contributed by atoms with E-state index in [1.165, 1.54) is 12.8 Å². The minimum atomic E-state index is -3.40. The van der Waals surface area contributed by atoms with Crippen LogP contribution in [0.4, 0.5) is 0 Å². The van der Waals surface area contributed by atoms with Crippen molar-refractivity contribution in [3.05, 3.63) is 41.4 Å². The Morgan fingerprint density at radius 3 is 2.29 bits per heavy atom. The number of allylic oxidation sites excluding steroid dienone is 2. The third kappa shape index (κ3) is 3.15. The van der Waals surface area contributed by atoms with Crippen molar-refractivity contribution < 1.29 is 8.42 Å². The molecule has 2 bridgehead atoms. The van der Waals surface area contributed by atoms with Gasteiger partial charge >= 0.3 is 0 Å². The molecule has 4 nitrogen and oxygen atoms in total. The Hall–Kier alpha value is -0.880. The molecule has 0 amide bonds. The molecule has 2 aliphatic carbocycles. The van der Waals surface area contributed by atoms with E-state index in [4.69, 9.17) is 11.6 Å². The average Bonchev–Trinajstić information content (AvgIpc) is 3.19. The molecule has 6 heteroatoms. The molecule has 2 fully saturated rings. The first-order valence-corrected chi connectivity index (χ1v) is 10.5. The Morgan fingerprint density at radius 2 is 1.71 bits per heavy atom. The molecule has 3 aliphatic rings. The highest BCUT2D eigenvalue weighted by Gasteiger charge is 2.37. The molecule has 1 saturated carbocycles. The van der Waals surface area contributed by atoms with Crippen LogP contribution in [0.2, 0.25) is 5.02 Å². The van der Waals surface area contributed by atoms with Crippen molar-refractivity contribution in [2.45, 2.75) is 17.7 Å². The van der Waals surface area contributed by atoms with Crippen molar-refractivity contribution in [1.82, 2.24) is 9.21 Å². The molecule has 1 aromatic carbocycles. The van der Waals surface area contributed by atoms with Crippen molar-refractivity contribution in [2.75, 3.05) is 32.7 Å². The van der Waals surface area contributed by atoms with Gasteiger partial charge in [-0.25, -0.2) is 8.42 Å². The lowest BCUT2D eigenvalue weighted by Crippen LogP contribution is -2.49. The normalized spacial score (nSPS) is 31.0. The summed E-state index contributed by atoms with van der Waals surface area (Å²) in [6.07, 6.45) is 7.40. The fraction of sp³-hybridized carbons (Fsp3) is 0.556. The van der Waals surface area contributed by atoms with Crippen LogP contribution in [0.25, 0.3) is 0 Å². The maximum atomic E-state index is 12.7. The van der Waals surface area contributed by atoms with E-state index >= 15 is 0 Å². The Bertz CT molecular complexity index is 724. The lowest BCUT2D eigenvalue weighted by atomic mass is 9.93. The molecule has 130 valence electrons. The van der Waals surface area contributed by atoms with Crippen LogP contribution in [0, 0.1) is 17.8 Å². The van der Waals surface area contributed by atoms with E-state index in [2.05, 4.69) is 17.1 Å². The molecule has 24 heavy (non-hydrogen) atoms. The monoisotopic (exact) mass is 366 g/mol. The van der Waals surface area contributed by atoms with Gasteiger partial charge in [0.25, 0.3) is 0 Å². The summed E-state index contributed by atoms with van der Waals surface area (Å²) in [6.45, 7) is 3.90. The summed E-state index contributed by atoms with van der Waals surface area (Å²) in [4.78, 5) is 2.77. The summed E-state index contributed by atoms with van der Waals surface area (Å²) in [5.41, 5.74) is 0. The van der Waals surface area contributed by atoms with Crippen LogP contribution in [0.15, 0.2) is 41.3 Å². The Kier molecular flexibility index (Phi) is 4.45. The van der Waals surface area contributed by atoms with Crippen LogP contribution in [-0.2, 0) is 10.0 Å². The summed E-state index contributed by atoms with van der Waals surface area (Å²) in [7, 11) is -3.40. The Morgan fingerprint density at radius 1 is 1.00 bits per heavy atom. The van der Waals surface area contributed by atoms with E-state index in [9.17, 15) is 8.42 Å². The predicted molar refractivity (Wildman–Crippen MR) is 95.5 cm³/mol. The highest BCUT2D eigenvalue weighted by molar-refractivity contribution is 7.89. The molecule has 1 saturated heterocycles. The van der Waals surface area contributed by atoms with E-state index in [0.717, 1.165) is 37.4 Å². The molecule has 1 aromatic rings. The molecule has 3 atom stereocenters. The largest absolute Gasteiger partial charge is 0.300 e. The van der Waals surface area contributed by atoms with Gasteiger partial charge in [-0.1, -0.05) is 23.8 Å². The van der Waals surface area contributed by atoms with Crippen LogP contribution in [0.5, 0.6) is 0 Å². The number of hydrogen-bond donors (Lipinski definition) is 0. The summed E-state index contributed by atoms with van der Waals surface area (Å²) in [5, 5.41) is 0.554. The van der Waals surface area contributed by atoms with Gasteiger partial charge in [0.1, 0.15) is 0 Å². The molecule has 4 rings (SSSR count). The molecule has 0 unspecified atom stereocenters. The zero-order valence-electron chi connectivity index (χ0n) is 13.6. The van der Waals surface area contributed by atoms with Crippen LogP contribution in [0.1, 0.15) is 12.8 Å². The minimum absolute atomic E-state index is 0.332. The van der Waals surface area contributed by atoms with Crippen LogP contribution in [-0.4, -0.2) is 50.3 Å². The van der Waals surface area contributed by atoms with Gasteiger partial charge in [0.15, 0.2) is 0 Å². The fourth-order valence-electron chi connectivity index (χ4n) is 4.34. The number of piperazine rings is 1. The first kappa shape index (κ1) is 16.6. The second kappa shape index (κ2) is 6.45. The SMILES string of the molecule is O=S(=O)(c1ccc(Cl)cc1)N1CCN(C[C@@H]2C[C@H]3C=C[C@@H]2C3)CC1. The highest BCUT2D eigenvalue weighted by Crippen LogP contribution is 2.43. The van der Waals surface area contributed by atoms with E-state index in [1.807, 2.05) is 0 Å². The van der Waals surface area contributed by atoms with Gasteiger partial charge in [0, 0.05) is 37.7 Å². The van der Waals surface area contributed by atoms with Crippen molar-refractivity contribution in [1.29, 1.82) is 0 Å². The quantitative estimate of drug-likeness (QED) is 0.769. The smallest absolute Gasteiger partial charge is 0.243 e. The Labute approximate surface area is 149 Å². The number of nitrogens with zero attached hydrogens (tertiary/aromatic N) is 2. The standard InChI is InChI=1S/C18H23ClN2O2S/c19-17-3-5-18(6-4-17)24(22,23)21-9-7-20(8-10-21)13-16-12-14-1-2-15(16)11-14/h1-6,14-16H,7-13H2/t14-,15+,16-/m0/s1. The maximum Gasteiger partial charge on any atom is 0.243 e. The van der Waals surface area contributed by atoms with E-state index in [-0.39, 0.29) is 0 Å². The second-order valence-corrected chi connectivity index (χ2v) is 9.57. The summed E-state index contributed by atoms with van der Waals surface area (Å²) >= 11 is 5.85. The topological polar surface area (TPSA) is 40.6 Å². The Balaban J connectivity index is 1.35. The zero-order valence-corrected chi connectivity index (χ0v) is 15.2. The summed E-state index contributed by atoms with van der Waals surface area (Å²) in [5.74, 6) is 2.32. The number of rotatable bonds is 4. The van der Waals surface area contributed by atoms with E-state index < -0.39 is 10.0 Å². The molecular weight excluding hydrogens is 344 g/mol. The third-order valence-corrected chi connectivity index (χ3v) is 7.86. The summed E-state index contributed by atoms with van der Waals surface area (Å²) in [6, 6.07) is 6.44. The first-order chi connectivity index (χ1) is 11.5. The summed E-state index contributed by atoms with van der Waals surface area (Å²) < 4.78 is 27.0. The number of hydrogen-bond acceptors (Lipinski definition) is 3. The molecule has 0 spiro atoms. The van der Waals surface area contributed by atoms with Gasteiger partial charge in [0.05, 0.1) is 4.90 Å². The van der Waals surface area contributed by atoms with Crippen LogP contribution in [0.3, 0.4) is 0 Å².